The molecule has 3 rings (SSSR count). The molecular formula is C18H17BrN4O2. The standard InChI is InChI=1S/C18H17BrN4O2/c1-11(2)20-18(24)21-15-8-6-12(7-9-15)16-22-17(25-23-16)13-4-3-5-14(19)10-13/h3-11H,1-2H3,(H2,20,21,24). The van der Waals surface area contributed by atoms with Gasteiger partial charge in [0.25, 0.3) is 5.89 Å². The molecule has 7 heteroatoms. The number of halogens is 1. The molecule has 0 atom stereocenters. The summed E-state index contributed by atoms with van der Waals surface area (Å²) in [6, 6.07) is 14.8. The molecular weight excluding hydrogens is 384 g/mol. The monoisotopic (exact) mass is 400 g/mol. The van der Waals surface area contributed by atoms with Crippen molar-refractivity contribution < 1.29 is 9.32 Å². The zero-order chi connectivity index (χ0) is 17.8. The second kappa shape index (κ2) is 7.48. The molecule has 0 saturated heterocycles. The van der Waals surface area contributed by atoms with Gasteiger partial charge < -0.3 is 15.2 Å². The van der Waals surface area contributed by atoms with Crippen LogP contribution in [-0.4, -0.2) is 22.2 Å². The molecule has 0 radical (unpaired) electrons. The molecule has 0 unspecified atom stereocenters. The lowest BCUT2D eigenvalue weighted by Crippen LogP contribution is -2.34. The van der Waals surface area contributed by atoms with E-state index < -0.39 is 0 Å². The number of nitrogens with one attached hydrogen (secondary N) is 2. The van der Waals surface area contributed by atoms with E-state index in [0.717, 1.165) is 15.6 Å². The highest BCUT2D eigenvalue weighted by Gasteiger charge is 2.11. The number of amides is 2. The van der Waals surface area contributed by atoms with Gasteiger partial charge in [-0.15, -0.1) is 0 Å². The van der Waals surface area contributed by atoms with E-state index in [0.29, 0.717) is 17.4 Å². The third kappa shape index (κ3) is 4.45. The van der Waals surface area contributed by atoms with Crippen molar-refractivity contribution >= 4 is 27.6 Å². The Bertz CT molecular complexity index is 875. The van der Waals surface area contributed by atoms with E-state index in [-0.39, 0.29) is 12.1 Å². The van der Waals surface area contributed by atoms with Gasteiger partial charge in [-0.3, -0.25) is 0 Å². The summed E-state index contributed by atoms with van der Waals surface area (Å²) < 4.78 is 6.28. The molecule has 3 aromatic rings. The first-order chi connectivity index (χ1) is 12.0. The van der Waals surface area contributed by atoms with Gasteiger partial charge in [-0.1, -0.05) is 27.2 Å². The molecule has 2 aromatic carbocycles. The fourth-order valence-electron chi connectivity index (χ4n) is 2.21. The first kappa shape index (κ1) is 17.2. The molecule has 2 N–H and O–H groups in total. The molecule has 1 heterocycles. The smallest absolute Gasteiger partial charge is 0.319 e. The number of nitrogens with zero attached hydrogens (tertiary/aromatic N) is 2. The van der Waals surface area contributed by atoms with Gasteiger partial charge in [0.2, 0.25) is 5.82 Å². The van der Waals surface area contributed by atoms with Crippen LogP contribution in [0.2, 0.25) is 0 Å². The Hall–Kier alpha value is -2.67. The maximum Gasteiger partial charge on any atom is 0.319 e. The first-order valence-electron chi connectivity index (χ1n) is 7.79. The van der Waals surface area contributed by atoms with Gasteiger partial charge in [0.1, 0.15) is 0 Å². The van der Waals surface area contributed by atoms with Crippen LogP contribution in [0.25, 0.3) is 22.8 Å². The van der Waals surface area contributed by atoms with Crippen molar-refractivity contribution in [2.45, 2.75) is 19.9 Å². The summed E-state index contributed by atoms with van der Waals surface area (Å²) in [5.74, 6) is 0.947. The maximum atomic E-state index is 11.7. The molecule has 0 spiro atoms. The van der Waals surface area contributed by atoms with Crippen LogP contribution in [0.5, 0.6) is 0 Å². The molecule has 0 aliphatic rings. The van der Waals surface area contributed by atoms with Crippen molar-refractivity contribution in [3.63, 3.8) is 0 Å². The number of rotatable bonds is 4. The summed E-state index contributed by atoms with van der Waals surface area (Å²) in [4.78, 5) is 16.1. The molecule has 128 valence electrons. The topological polar surface area (TPSA) is 80.0 Å². The number of aromatic nitrogens is 2. The van der Waals surface area contributed by atoms with Gasteiger partial charge in [-0.05, 0) is 56.3 Å². The molecule has 25 heavy (non-hydrogen) atoms. The van der Waals surface area contributed by atoms with Crippen LogP contribution in [0.4, 0.5) is 10.5 Å². The summed E-state index contributed by atoms with van der Waals surface area (Å²) in [5, 5.41) is 9.56. The lowest BCUT2D eigenvalue weighted by atomic mass is 10.2. The summed E-state index contributed by atoms with van der Waals surface area (Å²) in [5.41, 5.74) is 2.34. The predicted octanol–water partition coefficient (Wildman–Crippen LogP) is 4.70. The van der Waals surface area contributed by atoms with E-state index in [1.54, 1.807) is 12.1 Å². The highest BCUT2D eigenvalue weighted by molar-refractivity contribution is 9.10. The molecule has 0 aliphatic carbocycles. The minimum atomic E-state index is -0.237. The van der Waals surface area contributed by atoms with Crippen molar-refractivity contribution in [2.24, 2.45) is 0 Å². The second-order valence-electron chi connectivity index (χ2n) is 5.76. The highest BCUT2D eigenvalue weighted by Crippen LogP contribution is 2.25. The number of carbonyl (C=O) groups is 1. The SMILES string of the molecule is CC(C)NC(=O)Nc1ccc(-c2noc(-c3cccc(Br)c3)n2)cc1. The Morgan fingerprint density at radius 2 is 1.88 bits per heavy atom. The molecule has 2 amide bonds. The Morgan fingerprint density at radius 3 is 2.56 bits per heavy atom. The Kier molecular flexibility index (Phi) is 5.14. The van der Waals surface area contributed by atoms with E-state index in [1.807, 2.05) is 50.2 Å². The molecule has 0 saturated carbocycles. The van der Waals surface area contributed by atoms with Crippen LogP contribution in [0.1, 0.15) is 13.8 Å². The number of hydrogen-bond acceptors (Lipinski definition) is 4. The van der Waals surface area contributed by atoms with Crippen LogP contribution in [0, 0.1) is 0 Å². The normalized spacial score (nSPS) is 10.7. The molecule has 0 fully saturated rings. The van der Waals surface area contributed by atoms with Gasteiger partial charge in [-0.2, -0.15) is 4.98 Å². The van der Waals surface area contributed by atoms with Crippen LogP contribution in [-0.2, 0) is 0 Å². The van der Waals surface area contributed by atoms with Crippen LogP contribution >= 0.6 is 15.9 Å². The van der Waals surface area contributed by atoms with Gasteiger partial charge in [0.15, 0.2) is 0 Å². The molecule has 1 aromatic heterocycles. The number of urea groups is 1. The van der Waals surface area contributed by atoms with Crippen LogP contribution in [0.3, 0.4) is 0 Å². The zero-order valence-corrected chi connectivity index (χ0v) is 15.4. The minimum absolute atomic E-state index is 0.0787. The Balaban J connectivity index is 1.74. The Labute approximate surface area is 153 Å². The first-order valence-corrected chi connectivity index (χ1v) is 8.58. The third-order valence-electron chi connectivity index (χ3n) is 3.32. The van der Waals surface area contributed by atoms with Crippen molar-refractivity contribution in [3.05, 3.63) is 53.0 Å². The van der Waals surface area contributed by atoms with E-state index in [1.165, 1.54) is 0 Å². The third-order valence-corrected chi connectivity index (χ3v) is 3.81. The van der Waals surface area contributed by atoms with E-state index in [4.69, 9.17) is 4.52 Å². The van der Waals surface area contributed by atoms with Crippen molar-refractivity contribution in [1.82, 2.24) is 15.5 Å². The number of benzene rings is 2. The lowest BCUT2D eigenvalue weighted by Gasteiger charge is -2.10. The number of anilines is 1. The fraction of sp³-hybridized carbons (Fsp3) is 0.167. The lowest BCUT2D eigenvalue weighted by molar-refractivity contribution is 0.250. The van der Waals surface area contributed by atoms with Crippen molar-refractivity contribution in [1.29, 1.82) is 0 Å². The van der Waals surface area contributed by atoms with E-state index >= 15 is 0 Å². The van der Waals surface area contributed by atoms with Gasteiger partial charge in [-0.25, -0.2) is 4.79 Å². The fourth-order valence-corrected chi connectivity index (χ4v) is 2.61. The largest absolute Gasteiger partial charge is 0.336 e. The number of hydrogen-bond donors (Lipinski definition) is 2. The van der Waals surface area contributed by atoms with Crippen molar-refractivity contribution in [3.8, 4) is 22.8 Å². The molecule has 0 bridgehead atoms. The van der Waals surface area contributed by atoms with E-state index in [9.17, 15) is 4.79 Å². The van der Waals surface area contributed by atoms with Crippen LogP contribution < -0.4 is 10.6 Å². The van der Waals surface area contributed by atoms with Gasteiger partial charge in [0.05, 0.1) is 0 Å². The zero-order valence-electron chi connectivity index (χ0n) is 13.8. The summed E-state index contributed by atoms with van der Waals surface area (Å²) >= 11 is 3.42. The Morgan fingerprint density at radius 1 is 1.12 bits per heavy atom. The summed E-state index contributed by atoms with van der Waals surface area (Å²) in [7, 11) is 0. The minimum Gasteiger partial charge on any atom is -0.336 e. The second-order valence-corrected chi connectivity index (χ2v) is 6.68. The quantitative estimate of drug-likeness (QED) is 0.665. The summed E-state index contributed by atoms with van der Waals surface area (Å²) in [6.07, 6.45) is 0. The summed E-state index contributed by atoms with van der Waals surface area (Å²) in [6.45, 7) is 3.81. The maximum absolute atomic E-state index is 11.7. The highest BCUT2D eigenvalue weighted by atomic mass is 79.9. The average Bonchev–Trinajstić information content (AvgIpc) is 3.05. The molecule has 6 nitrogen and oxygen atoms in total. The predicted molar refractivity (Wildman–Crippen MR) is 100 cm³/mol. The number of carbonyl (C=O) groups excluding carboxylic acids is 1. The van der Waals surface area contributed by atoms with E-state index in [2.05, 4.69) is 36.7 Å². The van der Waals surface area contributed by atoms with Crippen LogP contribution in [0.15, 0.2) is 57.5 Å². The van der Waals surface area contributed by atoms with Gasteiger partial charge in [0, 0.05) is 27.3 Å². The van der Waals surface area contributed by atoms with Gasteiger partial charge >= 0.3 is 6.03 Å². The van der Waals surface area contributed by atoms with Crippen molar-refractivity contribution in [2.75, 3.05) is 5.32 Å². The molecule has 0 aliphatic heterocycles. The average molecular weight is 401 g/mol.